The maximum Gasteiger partial charge on any atom is 0.0684 e. The van der Waals surface area contributed by atoms with Gasteiger partial charge in [0.05, 0.1) is 5.60 Å². The normalized spacial score (nSPS) is 58.0. The van der Waals surface area contributed by atoms with Crippen molar-refractivity contribution in [1.29, 1.82) is 0 Å². The SMILES string of the molecule is CC1[C]2CC3CC(C2)CC1(O)C3. The Morgan fingerprint density at radius 1 is 1.25 bits per heavy atom. The predicted molar refractivity (Wildman–Crippen MR) is 47.4 cm³/mol. The average molecular weight is 165 g/mol. The van der Waals surface area contributed by atoms with Crippen molar-refractivity contribution in [3.05, 3.63) is 5.92 Å². The Labute approximate surface area is 74.2 Å². The summed E-state index contributed by atoms with van der Waals surface area (Å²) >= 11 is 0. The Hall–Kier alpha value is -0.0400. The zero-order valence-electron chi connectivity index (χ0n) is 7.71. The lowest BCUT2D eigenvalue weighted by atomic mass is 9.50. The summed E-state index contributed by atoms with van der Waals surface area (Å²) in [5, 5.41) is 10.4. The van der Waals surface area contributed by atoms with Gasteiger partial charge >= 0.3 is 0 Å². The first-order valence-corrected chi connectivity index (χ1v) is 5.24. The van der Waals surface area contributed by atoms with E-state index in [9.17, 15) is 5.11 Å². The maximum atomic E-state index is 10.4. The van der Waals surface area contributed by atoms with Gasteiger partial charge in [-0.25, -0.2) is 0 Å². The predicted octanol–water partition coefficient (Wildman–Crippen LogP) is 2.15. The zero-order chi connectivity index (χ0) is 8.34. The first-order chi connectivity index (χ1) is 5.67. The summed E-state index contributed by atoms with van der Waals surface area (Å²) in [4.78, 5) is 0. The largest absolute Gasteiger partial charge is 0.390 e. The number of aliphatic hydroxyl groups is 1. The fourth-order valence-electron chi connectivity index (χ4n) is 3.94. The van der Waals surface area contributed by atoms with Crippen LogP contribution in [0.1, 0.15) is 39.0 Å². The molecule has 0 spiro atoms. The van der Waals surface area contributed by atoms with Gasteiger partial charge in [0.1, 0.15) is 0 Å². The van der Waals surface area contributed by atoms with Gasteiger partial charge in [0.2, 0.25) is 0 Å². The number of rotatable bonds is 0. The molecular weight excluding hydrogens is 148 g/mol. The summed E-state index contributed by atoms with van der Waals surface area (Å²) in [6.07, 6.45) is 6.25. The molecule has 4 rings (SSSR count). The van der Waals surface area contributed by atoms with E-state index in [2.05, 4.69) is 6.92 Å². The lowest BCUT2D eigenvalue weighted by Gasteiger charge is -2.57. The smallest absolute Gasteiger partial charge is 0.0684 e. The van der Waals surface area contributed by atoms with Gasteiger partial charge in [-0.2, -0.15) is 0 Å². The van der Waals surface area contributed by atoms with Crippen LogP contribution < -0.4 is 0 Å². The minimum atomic E-state index is -0.278. The quantitative estimate of drug-likeness (QED) is 0.583. The van der Waals surface area contributed by atoms with E-state index < -0.39 is 0 Å². The standard InChI is InChI=1S/C11H17O/c1-7-10-3-8-2-9(4-10)6-11(7,12)5-8/h7-9,12H,2-6H2,1H3. The van der Waals surface area contributed by atoms with Crippen molar-refractivity contribution in [2.24, 2.45) is 17.8 Å². The van der Waals surface area contributed by atoms with Crippen LogP contribution in [0.3, 0.4) is 0 Å². The summed E-state index contributed by atoms with van der Waals surface area (Å²) in [6, 6.07) is 0. The van der Waals surface area contributed by atoms with Gasteiger partial charge in [-0.3, -0.25) is 0 Å². The van der Waals surface area contributed by atoms with Gasteiger partial charge in [-0.15, -0.1) is 0 Å². The molecule has 67 valence electrons. The Bertz CT molecular complexity index is 197. The molecule has 0 amide bonds. The summed E-state index contributed by atoms with van der Waals surface area (Å²) in [5.41, 5.74) is -0.278. The minimum absolute atomic E-state index is 0.278. The molecular formula is C11H17O. The second-order valence-corrected chi connectivity index (χ2v) is 5.27. The first-order valence-electron chi connectivity index (χ1n) is 5.24. The molecule has 0 aliphatic heterocycles. The van der Waals surface area contributed by atoms with Crippen LogP contribution in [-0.2, 0) is 0 Å². The molecule has 4 bridgehead atoms. The van der Waals surface area contributed by atoms with Crippen LogP contribution in [0.4, 0.5) is 0 Å². The van der Waals surface area contributed by atoms with E-state index in [4.69, 9.17) is 0 Å². The molecule has 12 heavy (non-hydrogen) atoms. The highest BCUT2D eigenvalue weighted by Crippen LogP contribution is 2.59. The Morgan fingerprint density at radius 2 is 1.83 bits per heavy atom. The fraction of sp³-hybridized carbons (Fsp3) is 0.909. The van der Waals surface area contributed by atoms with Crippen molar-refractivity contribution in [2.75, 3.05) is 0 Å². The molecule has 4 aliphatic carbocycles. The summed E-state index contributed by atoms with van der Waals surface area (Å²) in [7, 11) is 0. The minimum Gasteiger partial charge on any atom is -0.390 e. The van der Waals surface area contributed by atoms with Gasteiger partial charge in [0, 0.05) is 0 Å². The van der Waals surface area contributed by atoms with Crippen LogP contribution in [0, 0.1) is 23.7 Å². The second kappa shape index (κ2) is 2.06. The Kier molecular flexibility index (Phi) is 1.27. The molecule has 1 radical (unpaired) electrons. The van der Waals surface area contributed by atoms with Crippen LogP contribution in [0.25, 0.3) is 0 Å². The third-order valence-electron chi connectivity index (χ3n) is 4.47. The Balaban J connectivity index is 1.97. The van der Waals surface area contributed by atoms with Crippen molar-refractivity contribution >= 4 is 0 Å². The topological polar surface area (TPSA) is 20.2 Å². The highest BCUT2D eigenvalue weighted by Gasteiger charge is 2.54. The van der Waals surface area contributed by atoms with Crippen LogP contribution >= 0.6 is 0 Å². The van der Waals surface area contributed by atoms with Gasteiger partial charge < -0.3 is 5.11 Å². The van der Waals surface area contributed by atoms with Crippen molar-refractivity contribution in [2.45, 2.75) is 44.6 Å². The van der Waals surface area contributed by atoms with E-state index in [-0.39, 0.29) is 5.60 Å². The maximum absolute atomic E-state index is 10.4. The van der Waals surface area contributed by atoms with Crippen LogP contribution in [-0.4, -0.2) is 10.7 Å². The van der Waals surface area contributed by atoms with Crippen LogP contribution in [0.15, 0.2) is 0 Å². The molecule has 1 heteroatoms. The van der Waals surface area contributed by atoms with E-state index in [1.807, 2.05) is 0 Å². The second-order valence-electron chi connectivity index (χ2n) is 5.27. The number of hydrogen-bond donors (Lipinski definition) is 1. The van der Waals surface area contributed by atoms with Gasteiger partial charge in [0.15, 0.2) is 0 Å². The molecule has 4 saturated carbocycles. The summed E-state index contributed by atoms with van der Waals surface area (Å²) in [5.74, 6) is 3.86. The van der Waals surface area contributed by atoms with Crippen molar-refractivity contribution in [1.82, 2.24) is 0 Å². The highest BCUT2D eigenvalue weighted by molar-refractivity contribution is 5.18. The summed E-state index contributed by atoms with van der Waals surface area (Å²) < 4.78 is 0. The number of hydrogen-bond acceptors (Lipinski definition) is 1. The molecule has 1 nitrogen and oxygen atoms in total. The zero-order valence-corrected chi connectivity index (χ0v) is 7.71. The van der Waals surface area contributed by atoms with E-state index >= 15 is 0 Å². The van der Waals surface area contributed by atoms with Crippen molar-refractivity contribution < 1.29 is 5.11 Å². The molecule has 0 heterocycles. The van der Waals surface area contributed by atoms with Gasteiger partial charge in [-0.1, -0.05) is 6.92 Å². The third-order valence-corrected chi connectivity index (χ3v) is 4.47. The van der Waals surface area contributed by atoms with E-state index in [1.54, 1.807) is 5.92 Å². The van der Waals surface area contributed by atoms with Gasteiger partial charge in [-0.05, 0) is 55.8 Å². The molecule has 0 aromatic heterocycles. The van der Waals surface area contributed by atoms with E-state index in [0.717, 1.165) is 24.7 Å². The molecule has 1 N–H and O–H groups in total. The summed E-state index contributed by atoms with van der Waals surface area (Å²) in [6.45, 7) is 2.23. The molecule has 0 aromatic rings. The van der Waals surface area contributed by atoms with Crippen molar-refractivity contribution in [3.63, 3.8) is 0 Å². The van der Waals surface area contributed by atoms with E-state index in [0.29, 0.717) is 5.92 Å². The molecule has 4 aliphatic rings. The molecule has 0 saturated heterocycles. The Morgan fingerprint density at radius 3 is 2.33 bits per heavy atom. The van der Waals surface area contributed by atoms with Crippen LogP contribution in [0.2, 0.25) is 0 Å². The lowest BCUT2D eigenvalue weighted by molar-refractivity contribution is -0.121. The molecule has 3 unspecified atom stereocenters. The molecule has 3 atom stereocenters. The van der Waals surface area contributed by atoms with Gasteiger partial charge in [0.25, 0.3) is 0 Å². The fourth-order valence-corrected chi connectivity index (χ4v) is 3.94. The first kappa shape index (κ1) is 7.37. The van der Waals surface area contributed by atoms with Crippen molar-refractivity contribution in [3.8, 4) is 0 Å². The lowest BCUT2D eigenvalue weighted by Crippen LogP contribution is -2.55. The average Bonchev–Trinajstić information content (AvgIpc) is 1.98. The van der Waals surface area contributed by atoms with E-state index in [1.165, 1.54) is 19.3 Å². The third kappa shape index (κ3) is 0.783. The highest BCUT2D eigenvalue weighted by atomic mass is 16.3. The molecule has 4 fully saturated rings. The van der Waals surface area contributed by atoms with Crippen LogP contribution in [0.5, 0.6) is 0 Å². The monoisotopic (exact) mass is 165 g/mol. The molecule has 0 aromatic carbocycles.